The van der Waals surface area contributed by atoms with Crippen LogP contribution in [0.25, 0.3) is 0 Å². The molecule has 0 aliphatic carbocycles. The maximum atomic E-state index is 11.3. The number of rotatable bonds is 3. The molecule has 2 N–H and O–H groups in total. The molecular formula is C10H18N2O. The highest BCUT2D eigenvalue weighted by Gasteiger charge is 2.20. The van der Waals surface area contributed by atoms with Crippen LogP contribution < -0.4 is 10.6 Å². The van der Waals surface area contributed by atoms with Gasteiger partial charge in [0, 0.05) is 6.04 Å². The first-order valence-electron chi connectivity index (χ1n) is 4.50. The van der Waals surface area contributed by atoms with Crippen LogP contribution in [-0.2, 0) is 0 Å². The van der Waals surface area contributed by atoms with E-state index >= 15 is 0 Å². The van der Waals surface area contributed by atoms with Crippen LogP contribution in [0, 0.1) is 12.3 Å². The third-order valence-electron chi connectivity index (χ3n) is 1.83. The van der Waals surface area contributed by atoms with Crippen molar-refractivity contribution in [1.82, 2.24) is 10.6 Å². The maximum Gasteiger partial charge on any atom is 0.316 e. The van der Waals surface area contributed by atoms with Crippen molar-refractivity contribution >= 4 is 6.03 Å². The first-order chi connectivity index (χ1) is 5.93. The highest BCUT2D eigenvalue weighted by molar-refractivity contribution is 5.75. The first-order valence-corrected chi connectivity index (χ1v) is 4.50. The lowest BCUT2D eigenvalue weighted by molar-refractivity contribution is 0.231. The summed E-state index contributed by atoms with van der Waals surface area (Å²) in [6, 6.07) is -0.0869. The smallest absolute Gasteiger partial charge is 0.316 e. The van der Waals surface area contributed by atoms with E-state index in [1.807, 2.05) is 27.7 Å². The standard InChI is InChI=1S/C10H18N2O/c1-6-10(5,7-2)12-9(13)11-8(3)4/h1,8H,7H2,2-5H3,(H2,11,12,13). The minimum Gasteiger partial charge on any atom is -0.336 e. The third-order valence-corrected chi connectivity index (χ3v) is 1.83. The Morgan fingerprint density at radius 2 is 2.15 bits per heavy atom. The fourth-order valence-corrected chi connectivity index (χ4v) is 0.775. The van der Waals surface area contributed by atoms with Gasteiger partial charge < -0.3 is 10.6 Å². The van der Waals surface area contributed by atoms with Gasteiger partial charge in [-0.3, -0.25) is 0 Å². The Kier molecular flexibility index (Phi) is 4.33. The van der Waals surface area contributed by atoms with Crippen LogP contribution in [-0.4, -0.2) is 17.6 Å². The zero-order valence-electron chi connectivity index (χ0n) is 8.77. The second-order valence-electron chi connectivity index (χ2n) is 3.58. The summed E-state index contributed by atoms with van der Waals surface area (Å²) < 4.78 is 0. The van der Waals surface area contributed by atoms with E-state index < -0.39 is 5.54 Å². The summed E-state index contributed by atoms with van der Waals surface area (Å²) in [7, 11) is 0. The molecule has 0 aliphatic rings. The molecule has 0 saturated heterocycles. The SMILES string of the molecule is C#CC(C)(CC)NC(=O)NC(C)C. The van der Waals surface area contributed by atoms with Gasteiger partial charge in [-0.05, 0) is 27.2 Å². The molecule has 0 bridgehead atoms. The molecule has 1 atom stereocenters. The van der Waals surface area contributed by atoms with E-state index in [2.05, 4.69) is 16.6 Å². The van der Waals surface area contributed by atoms with Gasteiger partial charge in [0.25, 0.3) is 0 Å². The molecule has 0 rings (SSSR count). The molecule has 0 spiro atoms. The summed E-state index contributed by atoms with van der Waals surface area (Å²) in [5.41, 5.74) is -0.543. The molecule has 2 amide bonds. The Morgan fingerprint density at radius 1 is 1.62 bits per heavy atom. The van der Waals surface area contributed by atoms with Gasteiger partial charge >= 0.3 is 6.03 Å². The number of hydrogen-bond acceptors (Lipinski definition) is 1. The van der Waals surface area contributed by atoms with E-state index in [1.54, 1.807) is 0 Å². The molecule has 0 aromatic carbocycles. The van der Waals surface area contributed by atoms with Crippen molar-refractivity contribution in [3.63, 3.8) is 0 Å². The lowest BCUT2D eigenvalue weighted by Crippen LogP contribution is -2.50. The minimum atomic E-state index is -0.543. The molecule has 0 fully saturated rings. The van der Waals surface area contributed by atoms with Crippen molar-refractivity contribution in [2.24, 2.45) is 0 Å². The van der Waals surface area contributed by atoms with Crippen molar-refractivity contribution in [3.8, 4) is 12.3 Å². The fraction of sp³-hybridized carbons (Fsp3) is 0.700. The molecule has 3 heteroatoms. The second-order valence-corrected chi connectivity index (χ2v) is 3.58. The van der Waals surface area contributed by atoms with Crippen molar-refractivity contribution in [2.75, 3.05) is 0 Å². The molecular weight excluding hydrogens is 164 g/mol. The van der Waals surface area contributed by atoms with Gasteiger partial charge in [-0.2, -0.15) is 0 Å². The van der Waals surface area contributed by atoms with E-state index in [0.717, 1.165) is 6.42 Å². The summed E-state index contributed by atoms with van der Waals surface area (Å²) >= 11 is 0. The van der Waals surface area contributed by atoms with Crippen LogP contribution >= 0.6 is 0 Å². The van der Waals surface area contributed by atoms with E-state index in [0.29, 0.717) is 0 Å². The fourth-order valence-electron chi connectivity index (χ4n) is 0.775. The number of amides is 2. The van der Waals surface area contributed by atoms with Crippen LogP contribution in [0.2, 0.25) is 0 Å². The Labute approximate surface area is 80.3 Å². The Morgan fingerprint density at radius 3 is 2.46 bits per heavy atom. The first kappa shape index (κ1) is 11.8. The minimum absolute atomic E-state index is 0.124. The molecule has 0 heterocycles. The zero-order chi connectivity index (χ0) is 10.5. The number of urea groups is 1. The lowest BCUT2D eigenvalue weighted by atomic mass is 10.0. The van der Waals surface area contributed by atoms with E-state index in [-0.39, 0.29) is 12.1 Å². The quantitative estimate of drug-likeness (QED) is 0.638. The molecule has 74 valence electrons. The van der Waals surface area contributed by atoms with E-state index in [9.17, 15) is 4.79 Å². The maximum absolute atomic E-state index is 11.3. The number of carbonyl (C=O) groups is 1. The summed E-state index contributed by atoms with van der Waals surface area (Å²) in [4.78, 5) is 11.3. The molecule has 0 aliphatic heterocycles. The van der Waals surface area contributed by atoms with Crippen LogP contribution in [0.3, 0.4) is 0 Å². The van der Waals surface area contributed by atoms with Gasteiger partial charge in [0.05, 0.1) is 5.54 Å². The van der Waals surface area contributed by atoms with E-state index in [4.69, 9.17) is 6.42 Å². The predicted octanol–water partition coefficient (Wildman–Crippen LogP) is 1.50. The topological polar surface area (TPSA) is 41.1 Å². The number of nitrogens with one attached hydrogen (secondary N) is 2. The highest BCUT2D eigenvalue weighted by atomic mass is 16.2. The Hall–Kier alpha value is -1.17. The molecule has 3 nitrogen and oxygen atoms in total. The normalized spacial score (nSPS) is 14.5. The van der Waals surface area contributed by atoms with Gasteiger partial charge in [-0.25, -0.2) is 4.79 Å². The zero-order valence-corrected chi connectivity index (χ0v) is 8.77. The van der Waals surface area contributed by atoms with Gasteiger partial charge in [-0.1, -0.05) is 12.8 Å². The Bertz CT molecular complexity index is 217. The summed E-state index contributed by atoms with van der Waals surface area (Å²) in [6.07, 6.45) is 6.02. The molecule has 1 unspecified atom stereocenters. The number of terminal acetylenes is 1. The lowest BCUT2D eigenvalue weighted by Gasteiger charge is -2.24. The van der Waals surface area contributed by atoms with Crippen molar-refractivity contribution in [1.29, 1.82) is 0 Å². The average molecular weight is 182 g/mol. The van der Waals surface area contributed by atoms with Crippen LogP contribution in [0.4, 0.5) is 4.79 Å². The van der Waals surface area contributed by atoms with Crippen molar-refractivity contribution in [3.05, 3.63) is 0 Å². The molecule has 0 radical (unpaired) electrons. The predicted molar refractivity (Wildman–Crippen MR) is 54.3 cm³/mol. The average Bonchev–Trinajstić information content (AvgIpc) is 2.02. The number of carbonyl (C=O) groups excluding carboxylic acids is 1. The van der Waals surface area contributed by atoms with Crippen LogP contribution in [0.1, 0.15) is 34.1 Å². The van der Waals surface area contributed by atoms with Gasteiger partial charge in [-0.15, -0.1) is 6.42 Å². The van der Waals surface area contributed by atoms with Crippen LogP contribution in [0.5, 0.6) is 0 Å². The van der Waals surface area contributed by atoms with Crippen molar-refractivity contribution in [2.45, 2.75) is 45.7 Å². The second kappa shape index (κ2) is 4.76. The largest absolute Gasteiger partial charge is 0.336 e. The highest BCUT2D eigenvalue weighted by Crippen LogP contribution is 2.06. The molecule has 0 saturated carbocycles. The van der Waals surface area contributed by atoms with Crippen LogP contribution in [0.15, 0.2) is 0 Å². The van der Waals surface area contributed by atoms with Crippen molar-refractivity contribution < 1.29 is 4.79 Å². The monoisotopic (exact) mass is 182 g/mol. The summed E-state index contributed by atoms with van der Waals surface area (Å²) in [5.74, 6) is 2.56. The summed E-state index contributed by atoms with van der Waals surface area (Å²) in [5, 5.41) is 5.46. The Balaban J connectivity index is 4.12. The third kappa shape index (κ3) is 4.41. The van der Waals surface area contributed by atoms with Gasteiger partial charge in [0.1, 0.15) is 0 Å². The molecule has 13 heavy (non-hydrogen) atoms. The molecule has 0 aromatic rings. The van der Waals surface area contributed by atoms with E-state index in [1.165, 1.54) is 0 Å². The molecule has 0 aromatic heterocycles. The van der Waals surface area contributed by atoms with Gasteiger partial charge in [0.15, 0.2) is 0 Å². The van der Waals surface area contributed by atoms with Gasteiger partial charge in [0.2, 0.25) is 0 Å². The summed E-state index contributed by atoms with van der Waals surface area (Å²) in [6.45, 7) is 7.57. The number of hydrogen-bond donors (Lipinski definition) is 2.